The number of nitrogens with one attached hydrogen (secondary N) is 2. The molecule has 0 aliphatic carbocycles. The Labute approximate surface area is 166 Å². The van der Waals surface area contributed by atoms with E-state index in [1.165, 1.54) is 5.56 Å². The molecule has 7 heteroatoms. The molecule has 2 heterocycles. The Bertz CT molecular complexity index is 785. The van der Waals surface area contributed by atoms with Gasteiger partial charge in [0.05, 0.1) is 0 Å². The predicted octanol–water partition coefficient (Wildman–Crippen LogP) is 1.65. The molecular formula is C21H30N6O. The van der Waals surface area contributed by atoms with Crippen LogP contribution in [0.4, 0.5) is 0 Å². The first-order chi connectivity index (χ1) is 13.7. The minimum Gasteiger partial charge on any atom is -0.356 e. The van der Waals surface area contributed by atoms with Gasteiger partial charge in [0.15, 0.2) is 5.96 Å². The summed E-state index contributed by atoms with van der Waals surface area (Å²) in [5, 5.41) is 6.79. The van der Waals surface area contributed by atoms with Crippen molar-refractivity contribution in [3.8, 4) is 0 Å². The molecule has 150 valence electrons. The largest absolute Gasteiger partial charge is 0.356 e. The van der Waals surface area contributed by atoms with E-state index >= 15 is 0 Å². The molecule has 1 fully saturated rings. The molecule has 1 aromatic heterocycles. The van der Waals surface area contributed by atoms with Crippen LogP contribution in [-0.4, -0.2) is 59.0 Å². The Morgan fingerprint density at radius 2 is 2.14 bits per heavy atom. The van der Waals surface area contributed by atoms with Crippen LogP contribution in [0.15, 0.2) is 47.7 Å². The number of carbonyl (C=O) groups excluding carboxylic acids is 1. The summed E-state index contributed by atoms with van der Waals surface area (Å²) in [6.07, 6.45) is 6.20. The molecule has 0 spiro atoms. The minimum atomic E-state index is 0.220. The van der Waals surface area contributed by atoms with E-state index in [1.807, 2.05) is 30.3 Å². The number of hydrogen-bond acceptors (Lipinski definition) is 3. The highest BCUT2D eigenvalue weighted by Gasteiger charge is 2.25. The second-order valence-corrected chi connectivity index (χ2v) is 7.03. The normalized spacial score (nSPS) is 17.0. The molecule has 0 saturated carbocycles. The second kappa shape index (κ2) is 9.92. The molecule has 1 aliphatic heterocycles. The Balaban J connectivity index is 1.46. The highest BCUT2D eigenvalue weighted by atomic mass is 16.2. The molecular weight excluding hydrogens is 352 g/mol. The van der Waals surface area contributed by atoms with Gasteiger partial charge in [0, 0.05) is 64.5 Å². The Hall–Kier alpha value is -2.83. The number of nitrogens with zero attached hydrogens (tertiary/aromatic N) is 4. The van der Waals surface area contributed by atoms with Crippen LogP contribution in [0.1, 0.15) is 31.2 Å². The quantitative estimate of drug-likeness (QED) is 0.564. The number of aromatic nitrogens is 2. The molecule has 1 atom stereocenters. The first-order valence-corrected chi connectivity index (χ1v) is 9.98. The van der Waals surface area contributed by atoms with Crippen molar-refractivity contribution in [3.05, 3.63) is 54.1 Å². The monoisotopic (exact) mass is 382 g/mol. The topological polar surface area (TPSA) is 74.6 Å². The Morgan fingerprint density at radius 1 is 1.32 bits per heavy atom. The van der Waals surface area contributed by atoms with Crippen LogP contribution in [0, 0.1) is 0 Å². The van der Waals surface area contributed by atoms with Gasteiger partial charge in [-0.05, 0) is 12.0 Å². The number of rotatable bonds is 7. The van der Waals surface area contributed by atoms with Gasteiger partial charge in [0.2, 0.25) is 5.91 Å². The maximum atomic E-state index is 11.8. The molecule has 2 aromatic rings. The molecule has 28 heavy (non-hydrogen) atoms. The zero-order valence-corrected chi connectivity index (χ0v) is 16.8. The van der Waals surface area contributed by atoms with E-state index in [-0.39, 0.29) is 11.9 Å². The first-order valence-electron chi connectivity index (χ1n) is 9.98. The molecule has 1 amide bonds. The number of hydrogen-bond donors (Lipinski definition) is 2. The SMILES string of the molecule is CCC(=O)N1CCC(NC(=NC)NCCc2nccn2Cc2ccccc2)C1. The van der Waals surface area contributed by atoms with E-state index in [1.54, 1.807) is 7.05 Å². The highest BCUT2D eigenvalue weighted by molar-refractivity contribution is 5.80. The summed E-state index contributed by atoms with van der Waals surface area (Å²) < 4.78 is 2.18. The van der Waals surface area contributed by atoms with E-state index in [2.05, 4.69) is 49.4 Å². The van der Waals surface area contributed by atoms with Crippen molar-refractivity contribution >= 4 is 11.9 Å². The van der Waals surface area contributed by atoms with Crippen molar-refractivity contribution < 1.29 is 4.79 Å². The smallest absolute Gasteiger partial charge is 0.222 e. The molecule has 1 saturated heterocycles. The van der Waals surface area contributed by atoms with E-state index in [4.69, 9.17) is 0 Å². The lowest BCUT2D eigenvalue weighted by atomic mass is 10.2. The van der Waals surface area contributed by atoms with Crippen molar-refractivity contribution in [2.24, 2.45) is 4.99 Å². The lowest BCUT2D eigenvalue weighted by molar-refractivity contribution is -0.129. The number of guanidine groups is 1. The number of imidazole rings is 1. The van der Waals surface area contributed by atoms with E-state index in [0.29, 0.717) is 6.42 Å². The fraction of sp³-hybridized carbons (Fsp3) is 0.476. The predicted molar refractivity (Wildman–Crippen MR) is 111 cm³/mol. The van der Waals surface area contributed by atoms with Crippen LogP contribution >= 0.6 is 0 Å². The Kier molecular flexibility index (Phi) is 7.06. The minimum absolute atomic E-state index is 0.220. The molecule has 2 N–H and O–H groups in total. The summed E-state index contributed by atoms with van der Waals surface area (Å²) in [6.45, 7) is 5.04. The maximum absolute atomic E-state index is 11.8. The van der Waals surface area contributed by atoms with Gasteiger partial charge in [0.1, 0.15) is 5.82 Å². The van der Waals surface area contributed by atoms with Crippen LogP contribution in [0.5, 0.6) is 0 Å². The van der Waals surface area contributed by atoms with Gasteiger partial charge < -0.3 is 20.1 Å². The summed E-state index contributed by atoms with van der Waals surface area (Å²) in [5.74, 6) is 2.04. The van der Waals surface area contributed by atoms with Gasteiger partial charge in [-0.3, -0.25) is 9.79 Å². The summed E-state index contributed by atoms with van der Waals surface area (Å²) >= 11 is 0. The summed E-state index contributed by atoms with van der Waals surface area (Å²) in [6, 6.07) is 10.6. The van der Waals surface area contributed by atoms with Crippen LogP contribution in [0.2, 0.25) is 0 Å². The van der Waals surface area contributed by atoms with E-state index in [0.717, 1.165) is 50.8 Å². The maximum Gasteiger partial charge on any atom is 0.222 e. The molecule has 0 radical (unpaired) electrons. The number of aliphatic imine (C=N–C) groups is 1. The van der Waals surface area contributed by atoms with Crippen LogP contribution < -0.4 is 10.6 Å². The van der Waals surface area contributed by atoms with E-state index in [9.17, 15) is 4.79 Å². The fourth-order valence-electron chi connectivity index (χ4n) is 3.50. The average Bonchev–Trinajstić information content (AvgIpc) is 3.37. The number of likely N-dealkylation sites (tertiary alicyclic amines) is 1. The number of amides is 1. The van der Waals surface area contributed by atoms with Crippen LogP contribution in [0.3, 0.4) is 0 Å². The third-order valence-corrected chi connectivity index (χ3v) is 5.05. The molecule has 1 unspecified atom stereocenters. The van der Waals surface area contributed by atoms with Crippen molar-refractivity contribution in [2.45, 2.75) is 38.8 Å². The fourth-order valence-corrected chi connectivity index (χ4v) is 3.50. The van der Waals surface area contributed by atoms with Crippen molar-refractivity contribution in [2.75, 3.05) is 26.7 Å². The molecule has 1 aliphatic rings. The molecule has 0 bridgehead atoms. The lowest BCUT2D eigenvalue weighted by Crippen LogP contribution is -2.45. The standard InChI is InChI=1S/C21H30N6O/c1-3-20(28)27-13-10-18(16-27)25-21(22-2)24-11-9-19-23-12-14-26(19)15-17-7-5-4-6-8-17/h4-8,12,14,18H,3,9-11,13,15-16H2,1-2H3,(H2,22,24,25). The van der Waals surface area contributed by atoms with Gasteiger partial charge in [-0.1, -0.05) is 37.3 Å². The summed E-state index contributed by atoms with van der Waals surface area (Å²) in [7, 11) is 1.77. The Morgan fingerprint density at radius 3 is 2.89 bits per heavy atom. The lowest BCUT2D eigenvalue weighted by Gasteiger charge is -2.18. The molecule has 1 aromatic carbocycles. The van der Waals surface area contributed by atoms with Crippen LogP contribution in [0.25, 0.3) is 0 Å². The van der Waals surface area contributed by atoms with Gasteiger partial charge in [-0.2, -0.15) is 0 Å². The van der Waals surface area contributed by atoms with Gasteiger partial charge >= 0.3 is 0 Å². The highest BCUT2D eigenvalue weighted by Crippen LogP contribution is 2.10. The second-order valence-electron chi connectivity index (χ2n) is 7.03. The van der Waals surface area contributed by atoms with Crippen molar-refractivity contribution in [3.63, 3.8) is 0 Å². The van der Waals surface area contributed by atoms with E-state index < -0.39 is 0 Å². The zero-order chi connectivity index (χ0) is 19.8. The number of benzene rings is 1. The average molecular weight is 383 g/mol. The zero-order valence-electron chi connectivity index (χ0n) is 16.8. The third kappa shape index (κ3) is 5.34. The molecule has 3 rings (SSSR count). The summed E-state index contributed by atoms with van der Waals surface area (Å²) in [5.41, 5.74) is 1.26. The van der Waals surface area contributed by atoms with Crippen LogP contribution in [-0.2, 0) is 17.8 Å². The van der Waals surface area contributed by atoms with Crippen molar-refractivity contribution in [1.29, 1.82) is 0 Å². The number of carbonyl (C=O) groups is 1. The summed E-state index contributed by atoms with van der Waals surface area (Å²) in [4.78, 5) is 22.6. The first kappa shape index (κ1) is 19.9. The van der Waals surface area contributed by atoms with Gasteiger partial charge in [0.25, 0.3) is 0 Å². The third-order valence-electron chi connectivity index (χ3n) is 5.05. The molecule has 7 nitrogen and oxygen atoms in total. The van der Waals surface area contributed by atoms with Crippen molar-refractivity contribution in [1.82, 2.24) is 25.1 Å². The van der Waals surface area contributed by atoms with Gasteiger partial charge in [-0.15, -0.1) is 0 Å². The van der Waals surface area contributed by atoms with Gasteiger partial charge in [-0.25, -0.2) is 4.98 Å².